The van der Waals surface area contributed by atoms with Gasteiger partial charge >= 0.3 is 21.6 Å². The number of ether oxygens (including phenoxy) is 7. The molecule has 1 aromatic rings. The Balaban J connectivity index is 1.38. The zero-order valence-corrected chi connectivity index (χ0v) is 84.0. The van der Waals surface area contributed by atoms with E-state index in [0.717, 1.165) is 18.1 Å². The van der Waals surface area contributed by atoms with E-state index in [2.05, 4.69) is 223 Å². The summed E-state index contributed by atoms with van der Waals surface area (Å²) in [6.07, 6.45) is 1.52. The summed E-state index contributed by atoms with van der Waals surface area (Å²) in [6.45, 7) is 69.2. The molecule has 0 radical (unpaired) electrons. The van der Waals surface area contributed by atoms with E-state index in [-0.39, 0.29) is 86.7 Å². The van der Waals surface area contributed by atoms with Crippen LogP contribution in [0.2, 0.25) is 109 Å². The number of esters is 1. The van der Waals surface area contributed by atoms with Crippen molar-refractivity contribution in [2.75, 3.05) is 24.8 Å². The van der Waals surface area contributed by atoms with Crippen LogP contribution in [-0.4, -0.2) is 197 Å². The number of benzene rings is 1. The number of fused-ring (bicyclic) bond motifs is 2. The minimum absolute atomic E-state index is 0.00168. The number of allylic oxidation sites excluding steroid dienone is 1. The van der Waals surface area contributed by atoms with Gasteiger partial charge in [0.15, 0.2) is 49.9 Å². The average Bonchev–Trinajstić information content (AvgIpc) is 0.961. The van der Waals surface area contributed by atoms with Crippen LogP contribution in [0.4, 0.5) is 13.2 Å². The quantitative estimate of drug-likeness (QED) is 0.00880. The van der Waals surface area contributed by atoms with Crippen molar-refractivity contribution < 1.29 is 95.1 Å². The van der Waals surface area contributed by atoms with Crippen molar-refractivity contribution in [2.24, 2.45) is 11.8 Å². The summed E-state index contributed by atoms with van der Waals surface area (Å²) in [5, 5.41) is -0.843. The number of halogens is 4. The van der Waals surface area contributed by atoms with Gasteiger partial charge in [-0.1, -0.05) is 185 Å². The molecule has 18 atom stereocenters. The second-order valence-corrected chi connectivity index (χ2v) is 71.9. The molecule has 1 aromatic carbocycles. The Bertz CT molecular complexity index is 3360. The van der Waals surface area contributed by atoms with Crippen LogP contribution < -0.4 is 0 Å². The lowest BCUT2D eigenvalue weighted by Gasteiger charge is -2.56. The van der Waals surface area contributed by atoms with E-state index in [4.69, 9.17) is 59.7 Å². The Labute approximate surface area is 701 Å². The third-order valence-corrected chi connectivity index (χ3v) is 57.1. The van der Waals surface area contributed by atoms with Crippen LogP contribution in [0.15, 0.2) is 54.8 Å². The summed E-state index contributed by atoms with van der Waals surface area (Å²) in [5.41, 5.74) is -5.96. The summed E-state index contributed by atoms with van der Waals surface area (Å²) >= 11 is 2.30. The SMILES string of the molecule is C=C(OS(=O)(=O)C(F)(F)F)C(C)C[C@H]1CC[C@@H]2O[C@@H](CCC(C=CC(O[Si](C)(C)C(C)(C)C)[C@@H]3O[C@H]4CC[C@H](CC(=O)C[C@@H]5[C@@H](OC)[C@@H](CC(CO[Si](C)(C)C(C)(C)C)O[Si](C)(C)C(C)(C)C)O[C@H]5CCO[Si](CC)(CC)CC)O[C@@H]4[C@H](O[Si](C)(C)C(C)(C)C)[C@@H]3O[Si](C)(C)C(C)(C)C)OC(=O)c3ccccc3)C[C@]2(CI)O1. The van der Waals surface area contributed by atoms with Crippen molar-refractivity contribution in [3.63, 3.8) is 0 Å². The fraction of sp³-hybridized carbons (Fsp3) is 0.857. The highest BCUT2D eigenvalue weighted by atomic mass is 127. The summed E-state index contributed by atoms with van der Waals surface area (Å²) in [5.74, 6) is -1.98. The predicted octanol–water partition coefficient (Wildman–Crippen LogP) is 21.9. The molecule has 4 unspecified atom stereocenters. The number of Topliss-reactive ketones (excluding diaryl/α,β-unsaturated/α-hetero) is 1. The number of hydrogen-bond acceptors (Lipinski definition) is 18. The van der Waals surface area contributed by atoms with Crippen molar-refractivity contribution in [3.05, 3.63) is 60.4 Å². The fourth-order valence-electron chi connectivity index (χ4n) is 14.9. The molecule has 0 spiro atoms. The van der Waals surface area contributed by atoms with E-state index in [1.165, 1.54) is 0 Å². The molecule has 29 heteroatoms. The minimum atomic E-state index is -5.89. The van der Waals surface area contributed by atoms with Crippen LogP contribution in [-0.2, 0) is 78.8 Å². The van der Waals surface area contributed by atoms with Gasteiger partial charge in [-0.3, -0.25) is 4.79 Å². The Morgan fingerprint density at radius 3 is 1.72 bits per heavy atom. The first-order chi connectivity index (χ1) is 51.6. The van der Waals surface area contributed by atoms with Gasteiger partial charge in [0, 0.05) is 55.7 Å². The summed E-state index contributed by atoms with van der Waals surface area (Å²) in [4.78, 5) is 29.9. The highest BCUT2D eigenvalue weighted by Gasteiger charge is 2.60. The van der Waals surface area contributed by atoms with Gasteiger partial charge in [0.2, 0.25) is 0 Å². The highest BCUT2D eigenvalue weighted by molar-refractivity contribution is 14.1. The first kappa shape index (κ1) is 101. The van der Waals surface area contributed by atoms with E-state index < -0.39 is 150 Å². The maximum absolute atomic E-state index is 15.5. The molecular formula is C84H152F3IO18SSi6. The van der Waals surface area contributed by atoms with Gasteiger partial charge in [0.25, 0.3) is 0 Å². The van der Waals surface area contributed by atoms with Crippen molar-refractivity contribution in [1.82, 2.24) is 0 Å². The van der Waals surface area contributed by atoms with Gasteiger partial charge in [-0.05, 0) is 178 Å². The number of hydrogen-bond donors (Lipinski definition) is 0. The summed E-state index contributed by atoms with van der Waals surface area (Å²) in [7, 11) is -18.9. The summed E-state index contributed by atoms with van der Waals surface area (Å²) < 4.78 is 163. The van der Waals surface area contributed by atoms with Crippen molar-refractivity contribution in [3.8, 4) is 0 Å². The van der Waals surface area contributed by atoms with Crippen LogP contribution in [0.3, 0.4) is 0 Å². The molecule has 654 valence electrons. The molecule has 0 bridgehead atoms. The molecule has 0 N–H and O–H groups in total. The van der Waals surface area contributed by atoms with Gasteiger partial charge in [-0.2, -0.15) is 21.6 Å². The molecule has 5 fully saturated rings. The molecule has 5 saturated heterocycles. The third kappa shape index (κ3) is 26.0. The fourth-order valence-corrected chi connectivity index (χ4v) is 25.3. The lowest BCUT2D eigenvalue weighted by molar-refractivity contribution is -0.266. The van der Waals surface area contributed by atoms with Gasteiger partial charge in [-0.15, -0.1) is 0 Å². The zero-order valence-electron chi connectivity index (χ0n) is 75.1. The normalized spacial score (nSPS) is 28.2. The average molecular weight is 1830 g/mol. The largest absolute Gasteiger partial charge is 0.534 e. The molecule has 6 rings (SSSR count). The molecule has 5 aliphatic rings. The van der Waals surface area contributed by atoms with E-state index in [1.807, 2.05) is 18.2 Å². The third-order valence-electron chi connectivity index (χ3n) is 27.7. The lowest BCUT2D eigenvalue weighted by Crippen LogP contribution is -2.69. The molecule has 5 aliphatic heterocycles. The monoisotopic (exact) mass is 1830 g/mol. The Hall–Kier alpha value is -1.07. The van der Waals surface area contributed by atoms with Gasteiger partial charge < -0.3 is 63.9 Å². The van der Waals surface area contributed by atoms with E-state index in [9.17, 15) is 26.4 Å². The Morgan fingerprint density at radius 2 is 1.19 bits per heavy atom. The second-order valence-electron chi connectivity index (χ2n) is 41.0. The zero-order chi connectivity index (χ0) is 85.7. The Morgan fingerprint density at radius 1 is 0.637 bits per heavy atom. The standard InChI is InChI=1S/C84H152F3IO18SSi6/c1-32-113(33-2,34-3)94-49-48-67-66(72(93-21)70(99-67)53-65(103-109(24,25)79(9,10)11)55-95-108(22,23)78(6,7)8)52-60(89)51-62-43-45-68-73(97-62)75(105-111(28,29)81(15,16)17)76(106-112(30,31)82(18,19)20)74(100-68)69(104-110(26,27)80(12,13)14)46-42-61(98-77(90)59-38-36-35-37-39-59)40-41-64-54-83(56-88)71(96-64)47-44-63(101-83)50-57(4)58(5)102-107(91,92)84(85,86)87/h35-39,42,46,57,61-76H,5,32-34,40-41,43-45,47-56H2,1-4,6-31H3/t57?,61?,62-,63-,64+,65?,66+,67+,68+,69?,70-,71+,72-,73+,74+,75+,76-,83-/m1/s1. The van der Waals surface area contributed by atoms with E-state index in [1.54, 1.807) is 38.3 Å². The first-order valence-corrected chi connectivity index (χ1v) is 62.1. The van der Waals surface area contributed by atoms with Crippen LogP contribution in [0.1, 0.15) is 219 Å². The molecule has 5 heterocycles. The second kappa shape index (κ2) is 39.2. The predicted molar refractivity (Wildman–Crippen MR) is 470 cm³/mol. The number of alkyl halides is 4. The molecule has 0 saturated carbocycles. The minimum Gasteiger partial charge on any atom is -0.455 e. The number of ketones is 1. The summed E-state index contributed by atoms with van der Waals surface area (Å²) in [6, 6.07) is 12.0. The van der Waals surface area contributed by atoms with Gasteiger partial charge in [-0.25, -0.2) is 4.79 Å². The maximum atomic E-state index is 15.5. The number of methoxy groups -OCH3 is 1. The Kier molecular flexibility index (Phi) is 34.9. The number of carbonyl (C=O) groups is 2. The molecule has 0 amide bonds. The van der Waals surface area contributed by atoms with Crippen LogP contribution in [0.5, 0.6) is 0 Å². The topological polar surface area (TPSA) is 197 Å². The van der Waals surface area contributed by atoms with Crippen molar-refractivity contribution in [1.29, 1.82) is 0 Å². The smallest absolute Gasteiger partial charge is 0.455 e. The molecule has 0 aromatic heterocycles. The van der Waals surface area contributed by atoms with E-state index >= 15 is 4.79 Å². The molecule has 0 aliphatic carbocycles. The molecule has 18 nitrogen and oxygen atoms in total. The number of carbonyl (C=O) groups excluding carboxylic acids is 2. The lowest BCUT2D eigenvalue weighted by atomic mass is 9.85. The van der Waals surface area contributed by atoms with E-state index in [0.29, 0.717) is 81.0 Å². The van der Waals surface area contributed by atoms with Crippen LogP contribution in [0, 0.1) is 11.8 Å². The molecular weight excluding hydrogens is 1680 g/mol. The molecule has 113 heavy (non-hydrogen) atoms. The first-order valence-electron chi connectivity index (χ1n) is 42.1. The van der Waals surface area contributed by atoms with Crippen molar-refractivity contribution >= 4 is 94.4 Å². The number of rotatable bonds is 39. The van der Waals surface area contributed by atoms with Crippen LogP contribution in [0.25, 0.3) is 0 Å². The maximum Gasteiger partial charge on any atom is 0.534 e. The van der Waals surface area contributed by atoms with Gasteiger partial charge in [0.05, 0.1) is 73.2 Å². The van der Waals surface area contributed by atoms with Crippen LogP contribution >= 0.6 is 22.6 Å². The highest BCUT2D eigenvalue weighted by Crippen LogP contribution is 2.51. The van der Waals surface area contributed by atoms with Gasteiger partial charge in [0.1, 0.15) is 47.7 Å². The van der Waals surface area contributed by atoms with Crippen molar-refractivity contribution in [2.45, 2.75) is 420 Å².